The van der Waals surface area contributed by atoms with Crippen LogP contribution >= 0.6 is 0 Å². The number of aryl methyl sites for hydroxylation is 1. The minimum atomic E-state index is -0.0350. The highest BCUT2D eigenvalue weighted by Gasteiger charge is 2.47. The molecule has 0 radical (unpaired) electrons. The summed E-state index contributed by atoms with van der Waals surface area (Å²) in [5.41, 5.74) is 5.66. The van der Waals surface area contributed by atoms with Crippen molar-refractivity contribution < 1.29 is 9.59 Å². The van der Waals surface area contributed by atoms with Crippen LogP contribution in [0.2, 0.25) is 0 Å². The molecule has 0 bridgehead atoms. The highest BCUT2D eigenvalue weighted by atomic mass is 16.2. The van der Waals surface area contributed by atoms with E-state index in [0.717, 1.165) is 12.2 Å². The van der Waals surface area contributed by atoms with Gasteiger partial charge in [0.2, 0.25) is 11.8 Å². The van der Waals surface area contributed by atoms with Gasteiger partial charge in [0, 0.05) is 30.9 Å². The lowest BCUT2D eigenvalue weighted by atomic mass is 9.80. The molecular formula is C26H25N3O2. The zero-order valence-corrected chi connectivity index (χ0v) is 17.6. The highest BCUT2D eigenvalue weighted by molar-refractivity contribution is 5.88. The molecule has 2 amide bonds. The Bertz CT molecular complexity index is 1110. The zero-order chi connectivity index (χ0) is 21.4. The molecule has 0 spiro atoms. The number of piperazine rings is 1. The standard InChI is InChI=1S/C26H25N3O2/c1-18-6-2-3-8-22(18)19-9-11-20(12-10-19)23-15-29-24(23)16-28(17-26(29)31)25(30)14-21-7-4-5-13-27-21/h2-13,23-24H,14-17H2,1H3/t23-,24+/m1/s1. The van der Waals surface area contributed by atoms with E-state index < -0.39 is 0 Å². The number of hydrogen-bond acceptors (Lipinski definition) is 3. The van der Waals surface area contributed by atoms with E-state index in [2.05, 4.69) is 60.4 Å². The van der Waals surface area contributed by atoms with Gasteiger partial charge in [-0.05, 0) is 41.3 Å². The summed E-state index contributed by atoms with van der Waals surface area (Å²) in [6.07, 6.45) is 1.92. The maximum absolute atomic E-state index is 12.8. The molecule has 2 saturated heterocycles. The fourth-order valence-corrected chi connectivity index (χ4v) is 4.70. The Morgan fingerprint density at radius 1 is 1.00 bits per heavy atom. The van der Waals surface area contributed by atoms with Crippen molar-refractivity contribution in [3.8, 4) is 11.1 Å². The molecule has 31 heavy (non-hydrogen) atoms. The minimum Gasteiger partial charge on any atom is -0.335 e. The summed E-state index contributed by atoms with van der Waals surface area (Å²) in [5.74, 6) is 0.269. The van der Waals surface area contributed by atoms with Gasteiger partial charge in [-0.25, -0.2) is 0 Å². The van der Waals surface area contributed by atoms with Crippen molar-refractivity contribution in [3.05, 3.63) is 89.7 Å². The van der Waals surface area contributed by atoms with E-state index in [9.17, 15) is 9.59 Å². The van der Waals surface area contributed by atoms with Crippen LogP contribution in [0.3, 0.4) is 0 Å². The summed E-state index contributed by atoms with van der Waals surface area (Å²) < 4.78 is 0. The summed E-state index contributed by atoms with van der Waals surface area (Å²) in [6.45, 7) is 3.61. The van der Waals surface area contributed by atoms with Gasteiger partial charge in [0.05, 0.1) is 19.0 Å². The third kappa shape index (κ3) is 3.72. The molecule has 0 aliphatic carbocycles. The second kappa shape index (κ2) is 7.99. The van der Waals surface area contributed by atoms with E-state index >= 15 is 0 Å². The first-order valence-electron chi connectivity index (χ1n) is 10.7. The fourth-order valence-electron chi connectivity index (χ4n) is 4.70. The van der Waals surface area contributed by atoms with Crippen molar-refractivity contribution in [1.29, 1.82) is 0 Å². The molecule has 3 aromatic rings. The smallest absolute Gasteiger partial charge is 0.242 e. The first-order valence-corrected chi connectivity index (χ1v) is 10.7. The van der Waals surface area contributed by atoms with Crippen molar-refractivity contribution in [2.75, 3.05) is 19.6 Å². The molecule has 156 valence electrons. The van der Waals surface area contributed by atoms with Crippen LogP contribution in [0.25, 0.3) is 11.1 Å². The third-order valence-electron chi connectivity index (χ3n) is 6.52. The molecule has 2 fully saturated rings. The number of benzene rings is 2. The average Bonchev–Trinajstić information content (AvgIpc) is 2.77. The van der Waals surface area contributed by atoms with Gasteiger partial charge < -0.3 is 9.80 Å². The number of aromatic nitrogens is 1. The largest absolute Gasteiger partial charge is 0.335 e. The number of nitrogens with zero attached hydrogens (tertiary/aromatic N) is 3. The molecule has 2 aromatic carbocycles. The van der Waals surface area contributed by atoms with Gasteiger partial charge in [-0.15, -0.1) is 0 Å². The Hall–Kier alpha value is -3.47. The maximum atomic E-state index is 12.8. The van der Waals surface area contributed by atoms with Gasteiger partial charge in [-0.2, -0.15) is 0 Å². The van der Waals surface area contributed by atoms with Crippen LogP contribution in [0, 0.1) is 6.92 Å². The molecule has 5 heteroatoms. The molecular weight excluding hydrogens is 386 g/mol. The average molecular weight is 412 g/mol. The van der Waals surface area contributed by atoms with E-state index in [4.69, 9.17) is 0 Å². The molecule has 0 saturated carbocycles. The monoisotopic (exact) mass is 411 g/mol. The Labute approximate surface area is 182 Å². The molecule has 1 aromatic heterocycles. The number of amides is 2. The van der Waals surface area contributed by atoms with Crippen molar-refractivity contribution in [1.82, 2.24) is 14.8 Å². The minimum absolute atomic E-state index is 0.0350. The van der Waals surface area contributed by atoms with Gasteiger partial charge in [-0.1, -0.05) is 54.6 Å². The van der Waals surface area contributed by atoms with Crippen molar-refractivity contribution >= 4 is 11.8 Å². The third-order valence-corrected chi connectivity index (χ3v) is 6.52. The predicted octanol–water partition coefficient (Wildman–Crippen LogP) is 3.44. The predicted molar refractivity (Wildman–Crippen MR) is 119 cm³/mol. The first kappa shape index (κ1) is 19.5. The molecule has 5 rings (SSSR count). The molecule has 3 heterocycles. The number of fused-ring (bicyclic) bond motifs is 1. The fraction of sp³-hybridized carbons (Fsp3) is 0.269. The van der Waals surface area contributed by atoms with Crippen molar-refractivity contribution in [2.45, 2.75) is 25.3 Å². The number of rotatable bonds is 4. The molecule has 5 nitrogen and oxygen atoms in total. The zero-order valence-electron chi connectivity index (χ0n) is 17.6. The number of carbonyl (C=O) groups excluding carboxylic acids is 2. The summed E-state index contributed by atoms with van der Waals surface area (Å²) in [7, 11) is 0. The van der Waals surface area contributed by atoms with Gasteiger partial charge in [-0.3, -0.25) is 14.6 Å². The second-order valence-electron chi connectivity index (χ2n) is 8.43. The van der Waals surface area contributed by atoms with Gasteiger partial charge in [0.15, 0.2) is 0 Å². The lowest BCUT2D eigenvalue weighted by molar-refractivity contribution is -0.156. The van der Waals surface area contributed by atoms with Crippen LogP contribution in [-0.2, 0) is 16.0 Å². The van der Waals surface area contributed by atoms with Crippen LogP contribution in [0.4, 0.5) is 0 Å². The summed E-state index contributed by atoms with van der Waals surface area (Å²) in [6, 6.07) is 22.6. The van der Waals surface area contributed by atoms with Gasteiger partial charge >= 0.3 is 0 Å². The Morgan fingerprint density at radius 2 is 1.77 bits per heavy atom. The first-order chi connectivity index (χ1) is 15.1. The van der Waals surface area contributed by atoms with E-state index in [0.29, 0.717) is 6.54 Å². The molecule has 2 atom stereocenters. The van der Waals surface area contributed by atoms with Gasteiger partial charge in [0.25, 0.3) is 0 Å². The SMILES string of the molecule is Cc1ccccc1-c1ccc([C@H]2CN3C(=O)CN(C(=O)Cc4ccccn4)C[C@@H]23)cc1. The van der Waals surface area contributed by atoms with Crippen LogP contribution in [0.5, 0.6) is 0 Å². The van der Waals surface area contributed by atoms with Crippen LogP contribution < -0.4 is 0 Å². The van der Waals surface area contributed by atoms with E-state index in [1.165, 1.54) is 22.3 Å². The second-order valence-corrected chi connectivity index (χ2v) is 8.43. The molecule has 2 aliphatic heterocycles. The quantitative estimate of drug-likeness (QED) is 0.661. The van der Waals surface area contributed by atoms with Crippen LogP contribution in [0.1, 0.15) is 22.7 Å². The lowest BCUT2D eigenvalue weighted by Gasteiger charge is -2.53. The van der Waals surface area contributed by atoms with E-state index in [1.807, 2.05) is 23.1 Å². The summed E-state index contributed by atoms with van der Waals surface area (Å²) in [5, 5.41) is 0. The molecule has 0 unspecified atom stereocenters. The van der Waals surface area contributed by atoms with Crippen molar-refractivity contribution in [2.24, 2.45) is 0 Å². The number of hydrogen-bond donors (Lipinski definition) is 0. The highest BCUT2D eigenvalue weighted by Crippen LogP contribution is 2.38. The summed E-state index contributed by atoms with van der Waals surface area (Å²) >= 11 is 0. The number of carbonyl (C=O) groups is 2. The van der Waals surface area contributed by atoms with Gasteiger partial charge in [0.1, 0.15) is 0 Å². The summed E-state index contributed by atoms with van der Waals surface area (Å²) in [4.78, 5) is 33.2. The Morgan fingerprint density at radius 3 is 2.52 bits per heavy atom. The van der Waals surface area contributed by atoms with E-state index in [-0.39, 0.29) is 36.7 Å². The van der Waals surface area contributed by atoms with Crippen LogP contribution in [0.15, 0.2) is 72.9 Å². The lowest BCUT2D eigenvalue weighted by Crippen LogP contribution is -2.67. The number of pyridine rings is 1. The topological polar surface area (TPSA) is 53.5 Å². The Balaban J connectivity index is 1.30. The molecule has 0 N–H and O–H groups in total. The van der Waals surface area contributed by atoms with E-state index in [1.54, 1.807) is 11.1 Å². The van der Waals surface area contributed by atoms with Crippen molar-refractivity contribution in [3.63, 3.8) is 0 Å². The van der Waals surface area contributed by atoms with Crippen LogP contribution in [-0.4, -0.2) is 52.3 Å². The molecule has 2 aliphatic rings. The normalized spacial score (nSPS) is 20.2. The maximum Gasteiger partial charge on any atom is 0.242 e. The Kier molecular flexibility index (Phi) is 5.02.